The molecule has 0 saturated carbocycles. The lowest BCUT2D eigenvalue weighted by Gasteiger charge is -2.21. The second kappa shape index (κ2) is 7.23. The molecule has 27 heavy (non-hydrogen) atoms. The molecule has 0 heterocycles. The predicted molar refractivity (Wildman–Crippen MR) is 106 cm³/mol. The highest BCUT2D eigenvalue weighted by Crippen LogP contribution is 2.21. The number of carbonyl (C=O) groups is 2. The number of aryl methyl sites for hydroxylation is 1. The minimum Gasteiger partial charge on any atom is -0.478 e. The van der Waals surface area contributed by atoms with Gasteiger partial charge < -0.3 is 9.84 Å². The number of ketones is 1. The van der Waals surface area contributed by atoms with E-state index in [1.807, 2.05) is 37.3 Å². The molecule has 4 nitrogen and oxygen atoms in total. The van der Waals surface area contributed by atoms with Gasteiger partial charge in [0.25, 0.3) is 0 Å². The highest BCUT2D eigenvalue weighted by Gasteiger charge is 2.29. The molecule has 0 atom stereocenters. The van der Waals surface area contributed by atoms with E-state index in [0.29, 0.717) is 11.3 Å². The maximum atomic E-state index is 12.6. The summed E-state index contributed by atoms with van der Waals surface area (Å²) in [6.45, 7) is 5.03. The number of ether oxygens (including phenoxy) is 1. The predicted octanol–water partition coefficient (Wildman–Crippen LogP) is 4.82. The van der Waals surface area contributed by atoms with Gasteiger partial charge in [0.1, 0.15) is 5.75 Å². The fourth-order valence-electron chi connectivity index (χ4n) is 2.84. The Morgan fingerprint density at radius 2 is 1.56 bits per heavy atom. The second-order valence-electron chi connectivity index (χ2n) is 7.23. The van der Waals surface area contributed by atoms with Crippen molar-refractivity contribution in [3.05, 3.63) is 77.4 Å². The smallest absolute Gasteiger partial charge is 0.347 e. The first kappa shape index (κ1) is 18.6. The van der Waals surface area contributed by atoms with E-state index in [9.17, 15) is 9.59 Å². The molecule has 4 heteroatoms. The fourth-order valence-corrected chi connectivity index (χ4v) is 2.84. The maximum Gasteiger partial charge on any atom is 0.347 e. The quantitative estimate of drug-likeness (QED) is 0.639. The first-order chi connectivity index (χ1) is 12.7. The van der Waals surface area contributed by atoms with E-state index in [0.717, 1.165) is 16.3 Å². The van der Waals surface area contributed by atoms with Crippen molar-refractivity contribution < 1.29 is 19.4 Å². The van der Waals surface area contributed by atoms with Crippen LogP contribution in [0.3, 0.4) is 0 Å². The van der Waals surface area contributed by atoms with Gasteiger partial charge in [-0.15, -0.1) is 0 Å². The SMILES string of the molecule is Cc1ccc2cc(C(=O)Cc3ccc(OC(C)(C)C(=O)O)cc3)ccc2c1. The average Bonchev–Trinajstić information content (AvgIpc) is 2.62. The second-order valence-corrected chi connectivity index (χ2v) is 7.23. The first-order valence-corrected chi connectivity index (χ1v) is 8.79. The van der Waals surface area contributed by atoms with Gasteiger partial charge in [-0.2, -0.15) is 0 Å². The molecular formula is C23H22O4. The first-order valence-electron chi connectivity index (χ1n) is 8.79. The van der Waals surface area contributed by atoms with Crippen LogP contribution in [0.2, 0.25) is 0 Å². The van der Waals surface area contributed by atoms with E-state index in [1.165, 1.54) is 19.4 Å². The number of carbonyl (C=O) groups excluding carboxylic acids is 1. The van der Waals surface area contributed by atoms with E-state index < -0.39 is 11.6 Å². The number of carboxylic acid groups (broad SMARTS) is 1. The molecule has 3 aromatic rings. The minimum atomic E-state index is -1.30. The fraction of sp³-hybridized carbons (Fsp3) is 0.217. The van der Waals surface area contributed by atoms with Crippen LogP contribution in [0.15, 0.2) is 60.7 Å². The van der Waals surface area contributed by atoms with Crippen LogP contribution in [0.4, 0.5) is 0 Å². The Labute approximate surface area is 158 Å². The molecule has 0 saturated heterocycles. The monoisotopic (exact) mass is 362 g/mol. The highest BCUT2D eigenvalue weighted by atomic mass is 16.5. The number of Topliss-reactive ketones (excluding diaryl/α,β-unsaturated/α-hetero) is 1. The van der Waals surface area contributed by atoms with Crippen molar-refractivity contribution >= 4 is 22.5 Å². The summed E-state index contributed by atoms with van der Waals surface area (Å²) >= 11 is 0. The van der Waals surface area contributed by atoms with Crippen LogP contribution in [0.5, 0.6) is 5.75 Å². The van der Waals surface area contributed by atoms with Gasteiger partial charge in [0.2, 0.25) is 0 Å². The molecule has 0 spiro atoms. The lowest BCUT2D eigenvalue weighted by Crippen LogP contribution is -2.37. The zero-order chi connectivity index (χ0) is 19.6. The van der Waals surface area contributed by atoms with Crippen LogP contribution in [0, 0.1) is 6.92 Å². The molecule has 0 amide bonds. The zero-order valence-corrected chi connectivity index (χ0v) is 15.7. The number of hydrogen-bond donors (Lipinski definition) is 1. The van der Waals surface area contributed by atoms with Crippen LogP contribution >= 0.6 is 0 Å². The Bertz CT molecular complexity index is 1000. The van der Waals surface area contributed by atoms with Crippen LogP contribution in [0.25, 0.3) is 10.8 Å². The summed E-state index contributed by atoms with van der Waals surface area (Å²) in [6.07, 6.45) is 0.278. The Hall–Kier alpha value is -3.14. The molecule has 0 aromatic heterocycles. The van der Waals surface area contributed by atoms with E-state index in [1.54, 1.807) is 24.3 Å². The topological polar surface area (TPSA) is 63.6 Å². The number of aliphatic carboxylic acids is 1. The molecule has 0 aliphatic heterocycles. The van der Waals surface area contributed by atoms with Crippen molar-refractivity contribution in [1.82, 2.24) is 0 Å². The average molecular weight is 362 g/mol. The molecular weight excluding hydrogens is 340 g/mol. The van der Waals surface area contributed by atoms with E-state index in [-0.39, 0.29) is 12.2 Å². The molecule has 0 fully saturated rings. The number of benzene rings is 3. The molecule has 0 unspecified atom stereocenters. The van der Waals surface area contributed by atoms with Gasteiger partial charge in [0, 0.05) is 12.0 Å². The van der Waals surface area contributed by atoms with Gasteiger partial charge in [-0.25, -0.2) is 4.79 Å². The lowest BCUT2D eigenvalue weighted by atomic mass is 9.99. The van der Waals surface area contributed by atoms with Crippen molar-refractivity contribution in [3.8, 4) is 5.75 Å². The van der Waals surface area contributed by atoms with Crippen molar-refractivity contribution in [2.45, 2.75) is 32.8 Å². The molecule has 138 valence electrons. The van der Waals surface area contributed by atoms with Crippen LogP contribution in [-0.2, 0) is 11.2 Å². The Morgan fingerprint density at radius 1 is 0.926 bits per heavy atom. The number of rotatable bonds is 6. The zero-order valence-electron chi connectivity index (χ0n) is 15.7. The number of fused-ring (bicyclic) bond motifs is 1. The standard InChI is InChI=1S/C23H22O4/c1-15-4-7-18-14-19(9-8-17(18)12-15)21(24)13-16-5-10-20(11-6-16)27-23(2,3)22(25)26/h4-12,14H,13H2,1-3H3,(H,25,26). The van der Waals surface area contributed by atoms with Crippen LogP contribution < -0.4 is 4.74 Å². The van der Waals surface area contributed by atoms with Gasteiger partial charge in [0.15, 0.2) is 11.4 Å². The van der Waals surface area contributed by atoms with Crippen LogP contribution in [-0.4, -0.2) is 22.5 Å². The third-order valence-corrected chi connectivity index (χ3v) is 4.49. The maximum absolute atomic E-state index is 12.6. The van der Waals surface area contributed by atoms with E-state index in [4.69, 9.17) is 9.84 Å². The normalized spacial score (nSPS) is 11.4. The third-order valence-electron chi connectivity index (χ3n) is 4.49. The van der Waals surface area contributed by atoms with E-state index >= 15 is 0 Å². The Balaban J connectivity index is 1.72. The Morgan fingerprint density at radius 3 is 2.22 bits per heavy atom. The van der Waals surface area contributed by atoms with Gasteiger partial charge in [-0.3, -0.25) is 4.79 Å². The number of carboxylic acids is 1. The summed E-state index contributed by atoms with van der Waals surface area (Å²) < 4.78 is 5.48. The van der Waals surface area contributed by atoms with Crippen molar-refractivity contribution in [2.24, 2.45) is 0 Å². The summed E-state index contributed by atoms with van der Waals surface area (Å²) in [6, 6.07) is 18.9. The van der Waals surface area contributed by atoms with Gasteiger partial charge in [0.05, 0.1) is 0 Å². The third kappa shape index (κ3) is 4.34. The molecule has 1 N–H and O–H groups in total. The van der Waals surface area contributed by atoms with Crippen molar-refractivity contribution in [2.75, 3.05) is 0 Å². The van der Waals surface area contributed by atoms with Gasteiger partial charge in [-0.1, -0.05) is 48.0 Å². The lowest BCUT2D eigenvalue weighted by molar-refractivity contribution is -0.152. The molecule has 0 bridgehead atoms. The highest BCUT2D eigenvalue weighted by molar-refractivity contribution is 6.01. The van der Waals surface area contributed by atoms with Crippen LogP contribution in [0.1, 0.15) is 35.3 Å². The summed E-state index contributed by atoms with van der Waals surface area (Å²) in [5, 5.41) is 11.3. The van der Waals surface area contributed by atoms with Gasteiger partial charge >= 0.3 is 5.97 Å². The molecule has 0 radical (unpaired) electrons. The molecule has 0 aliphatic carbocycles. The minimum absolute atomic E-state index is 0.0389. The largest absolute Gasteiger partial charge is 0.478 e. The molecule has 0 aliphatic rings. The summed E-state index contributed by atoms with van der Waals surface area (Å²) in [7, 11) is 0. The molecule has 3 rings (SSSR count). The summed E-state index contributed by atoms with van der Waals surface area (Å²) in [5.74, 6) is -0.537. The van der Waals surface area contributed by atoms with Crippen molar-refractivity contribution in [3.63, 3.8) is 0 Å². The van der Waals surface area contributed by atoms with Gasteiger partial charge in [-0.05, 0) is 55.3 Å². The summed E-state index contributed by atoms with van der Waals surface area (Å²) in [5.41, 5.74) is 1.42. The van der Waals surface area contributed by atoms with E-state index in [2.05, 4.69) is 6.07 Å². The molecule has 3 aromatic carbocycles. The Kier molecular flexibility index (Phi) is 5.00. The number of hydrogen-bond acceptors (Lipinski definition) is 3. The van der Waals surface area contributed by atoms with Crippen molar-refractivity contribution in [1.29, 1.82) is 0 Å². The summed E-state index contributed by atoms with van der Waals surface area (Å²) in [4.78, 5) is 23.8.